The van der Waals surface area contributed by atoms with Crippen LogP contribution >= 0.6 is 0 Å². The molecule has 0 amide bonds. The summed E-state index contributed by atoms with van der Waals surface area (Å²) in [6, 6.07) is 3.38. The molecule has 1 aromatic rings. The van der Waals surface area contributed by atoms with Gasteiger partial charge in [-0.3, -0.25) is 20.2 Å². The van der Waals surface area contributed by atoms with Gasteiger partial charge in [0.05, 0.1) is 22.0 Å². The highest BCUT2D eigenvalue weighted by atomic mass is 16.6. The molecule has 1 rings (SSSR count). The van der Waals surface area contributed by atoms with Crippen molar-refractivity contribution < 1.29 is 15.0 Å². The van der Waals surface area contributed by atoms with Gasteiger partial charge in [0, 0.05) is 18.1 Å². The minimum atomic E-state index is -0.736. The first-order chi connectivity index (χ1) is 7.41. The second-order valence-corrected chi connectivity index (χ2v) is 3.38. The van der Waals surface area contributed by atoms with Crippen molar-refractivity contribution in [1.29, 1.82) is 0 Å². The van der Waals surface area contributed by atoms with Gasteiger partial charge in [-0.15, -0.1) is 0 Å². The number of benzene rings is 1. The van der Waals surface area contributed by atoms with Crippen LogP contribution in [0.2, 0.25) is 0 Å². The van der Waals surface area contributed by atoms with Crippen LogP contribution in [0.25, 0.3) is 0 Å². The monoisotopic (exact) mass is 226 g/mol. The Morgan fingerprint density at radius 2 is 1.94 bits per heavy atom. The second-order valence-electron chi connectivity index (χ2n) is 3.38. The molecular formula is C9H10N2O5. The summed E-state index contributed by atoms with van der Waals surface area (Å²) < 4.78 is 0. The second kappa shape index (κ2) is 4.67. The van der Waals surface area contributed by atoms with Gasteiger partial charge in [0.1, 0.15) is 0 Å². The van der Waals surface area contributed by atoms with E-state index in [9.17, 15) is 20.2 Å². The van der Waals surface area contributed by atoms with Crippen LogP contribution in [0.5, 0.6) is 0 Å². The molecule has 86 valence electrons. The maximum atomic E-state index is 10.7. The zero-order valence-electron chi connectivity index (χ0n) is 8.49. The zero-order chi connectivity index (χ0) is 12.3. The van der Waals surface area contributed by atoms with Crippen LogP contribution in [-0.2, 0) is 6.42 Å². The molecule has 0 aliphatic carbocycles. The lowest BCUT2D eigenvalue weighted by molar-refractivity contribution is -0.394. The van der Waals surface area contributed by atoms with Crippen molar-refractivity contribution in [3.05, 3.63) is 44.0 Å². The zero-order valence-corrected chi connectivity index (χ0v) is 8.49. The van der Waals surface area contributed by atoms with Gasteiger partial charge in [0.15, 0.2) is 0 Å². The summed E-state index contributed by atoms with van der Waals surface area (Å²) in [5.41, 5.74) is -0.387. The van der Waals surface area contributed by atoms with Crippen LogP contribution < -0.4 is 0 Å². The molecule has 16 heavy (non-hydrogen) atoms. The van der Waals surface area contributed by atoms with E-state index in [2.05, 4.69) is 0 Å². The number of non-ortho nitro benzene ring substituents is 1. The summed E-state index contributed by atoms with van der Waals surface area (Å²) in [6.45, 7) is 1.49. The quantitative estimate of drug-likeness (QED) is 0.617. The molecule has 0 fully saturated rings. The number of aliphatic hydroxyl groups excluding tert-OH is 1. The third-order valence-electron chi connectivity index (χ3n) is 1.99. The van der Waals surface area contributed by atoms with Gasteiger partial charge in [-0.25, -0.2) is 0 Å². The van der Waals surface area contributed by atoms with E-state index < -0.39 is 16.0 Å². The van der Waals surface area contributed by atoms with E-state index in [1.807, 2.05) is 0 Å². The van der Waals surface area contributed by atoms with Crippen LogP contribution in [0.3, 0.4) is 0 Å². The Hall–Kier alpha value is -2.02. The number of nitro groups is 2. The first kappa shape index (κ1) is 12.1. The molecule has 1 N–H and O–H groups in total. The van der Waals surface area contributed by atoms with Crippen LogP contribution in [0.1, 0.15) is 12.5 Å². The van der Waals surface area contributed by atoms with E-state index in [0.29, 0.717) is 0 Å². The highest BCUT2D eigenvalue weighted by Crippen LogP contribution is 2.25. The highest BCUT2D eigenvalue weighted by Gasteiger charge is 2.19. The van der Waals surface area contributed by atoms with Crippen molar-refractivity contribution >= 4 is 11.4 Å². The molecule has 1 aromatic carbocycles. The van der Waals surface area contributed by atoms with Crippen molar-refractivity contribution in [2.75, 3.05) is 0 Å². The minimum absolute atomic E-state index is 0.0916. The molecule has 0 bridgehead atoms. The molecule has 0 spiro atoms. The van der Waals surface area contributed by atoms with Gasteiger partial charge in [-0.05, 0) is 13.0 Å². The van der Waals surface area contributed by atoms with Crippen molar-refractivity contribution in [1.82, 2.24) is 0 Å². The van der Waals surface area contributed by atoms with Crippen LogP contribution in [-0.4, -0.2) is 21.1 Å². The predicted octanol–water partition coefficient (Wildman–Crippen LogP) is 1.43. The SMILES string of the molecule is CC(O)Cc1ccc([N+](=O)[O-])cc1[N+](=O)[O-]. The molecule has 0 heterocycles. The summed E-state index contributed by atoms with van der Waals surface area (Å²) in [5, 5.41) is 30.3. The van der Waals surface area contributed by atoms with Crippen LogP contribution in [0.15, 0.2) is 18.2 Å². The van der Waals surface area contributed by atoms with Gasteiger partial charge in [0.25, 0.3) is 11.4 Å². The average Bonchev–Trinajstić information content (AvgIpc) is 2.16. The number of nitro benzene ring substituents is 2. The normalized spacial score (nSPS) is 12.1. The van der Waals surface area contributed by atoms with E-state index in [4.69, 9.17) is 5.11 Å². The molecule has 0 aliphatic rings. The van der Waals surface area contributed by atoms with Gasteiger partial charge < -0.3 is 5.11 Å². The number of nitrogens with zero attached hydrogens (tertiary/aromatic N) is 2. The molecule has 0 aromatic heterocycles. The van der Waals surface area contributed by atoms with Gasteiger partial charge >= 0.3 is 0 Å². The Morgan fingerprint density at radius 3 is 2.38 bits per heavy atom. The van der Waals surface area contributed by atoms with E-state index in [-0.39, 0.29) is 23.4 Å². The predicted molar refractivity (Wildman–Crippen MR) is 55.1 cm³/mol. The topological polar surface area (TPSA) is 107 Å². The van der Waals surface area contributed by atoms with Crippen molar-refractivity contribution in [2.45, 2.75) is 19.4 Å². The Morgan fingerprint density at radius 1 is 1.31 bits per heavy atom. The summed E-state index contributed by atoms with van der Waals surface area (Å²) in [5.74, 6) is 0. The lowest BCUT2D eigenvalue weighted by atomic mass is 10.1. The number of aliphatic hydroxyl groups is 1. The van der Waals surface area contributed by atoms with E-state index >= 15 is 0 Å². The molecule has 1 atom stereocenters. The standard InChI is InChI=1S/C9H10N2O5/c1-6(12)4-7-2-3-8(10(13)14)5-9(7)11(15)16/h2-3,5-6,12H,4H2,1H3. The molecule has 0 radical (unpaired) electrons. The number of rotatable bonds is 4. The molecule has 7 heteroatoms. The maximum absolute atomic E-state index is 10.7. The third-order valence-corrected chi connectivity index (χ3v) is 1.99. The van der Waals surface area contributed by atoms with Crippen LogP contribution in [0, 0.1) is 20.2 Å². The minimum Gasteiger partial charge on any atom is -0.393 e. The molecule has 1 unspecified atom stereocenters. The first-order valence-corrected chi connectivity index (χ1v) is 4.51. The van der Waals surface area contributed by atoms with Crippen molar-refractivity contribution in [3.8, 4) is 0 Å². The van der Waals surface area contributed by atoms with E-state index in [1.54, 1.807) is 0 Å². The maximum Gasteiger partial charge on any atom is 0.279 e. The van der Waals surface area contributed by atoms with Gasteiger partial charge in [0.2, 0.25) is 0 Å². The summed E-state index contributed by atoms with van der Waals surface area (Å²) in [6.07, 6.45) is -0.644. The number of hydrogen-bond acceptors (Lipinski definition) is 5. The number of hydrogen-bond donors (Lipinski definition) is 1. The Balaban J connectivity index is 3.19. The fraction of sp³-hybridized carbons (Fsp3) is 0.333. The molecule has 7 nitrogen and oxygen atoms in total. The fourth-order valence-electron chi connectivity index (χ4n) is 1.33. The van der Waals surface area contributed by atoms with Crippen molar-refractivity contribution in [3.63, 3.8) is 0 Å². The Kier molecular flexibility index (Phi) is 3.51. The van der Waals surface area contributed by atoms with Crippen LogP contribution in [0.4, 0.5) is 11.4 Å². The van der Waals surface area contributed by atoms with E-state index in [0.717, 1.165) is 6.07 Å². The fourth-order valence-corrected chi connectivity index (χ4v) is 1.33. The Labute approximate surface area is 90.6 Å². The highest BCUT2D eigenvalue weighted by molar-refractivity contribution is 5.49. The third kappa shape index (κ3) is 2.74. The Bertz CT molecular complexity index is 430. The average molecular weight is 226 g/mol. The first-order valence-electron chi connectivity index (χ1n) is 4.51. The van der Waals surface area contributed by atoms with Gasteiger partial charge in [-0.2, -0.15) is 0 Å². The molecular weight excluding hydrogens is 216 g/mol. The summed E-state index contributed by atoms with van der Waals surface area (Å²) in [7, 11) is 0. The molecule has 0 saturated heterocycles. The summed E-state index contributed by atoms with van der Waals surface area (Å²) >= 11 is 0. The lowest BCUT2D eigenvalue weighted by Crippen LogP contribution is -2.07. The molecule has 0 aliphatic heterocycles. The molecule has 0 saturated carbocycles. The lowest BCUT2D eigenvalue weighted by Gasteiger charge is -2.04. The summed E-state index contributed by atoms with van der Waals surface area (Å²) in [4.78, 5) is 19.7. The van der Waals surface area contributed by atoms with Crippen molar-refractivity contribution in [2.24, 2.45) is 0 Å². The smallest absolute Gasteiger partial charge is 0.279 e. The largest absolute Gasteiger partial charge is 0.393 e. The van der Waals surface area contributed by atoms with Gasteiger partial charge in [-0.1, -0.05) is 0 Å². The van der Waals surface area contributed by atoms with E-state index in [1.165, 1.54) is 19.1 Å².